The molecule has 1 aromatic heterocycles. The second-order valence-corrected chi connectivity index (χ2v) is 5.55. The Hall–Kier alpha value is -2.14. The molecule has 2 heterocycles. The maximum atomic E-state index is 11.9. The van der Waals surface area contributed by atoms with Crippen molar-refractivity contribution in [1.82, 2.24) is 4.98 Å². The summed E-state index contributed by atoms with van der Waals surface area (Å²) in [5, 5.41) is 0.924. The van der Waals surface area contributed by atoms with Crippen molar-refractivity contribution >= 4 is 16.9 Å². The molecule has 22 heavy (non-hydrogen) atoms. The van der Waals surface area contributed by atoms with Gasteiger partial charge in [0.15, 0.2) is 0 Å². The maximum absolute atomic E-state index is 11.9. The number of esters is 1. The normalized spacial score (nSPS) is 17.7. The van der Waals surface area contributed by atoms with Gasteiger partial charge in [0.05, 0.1) is 11.7 Å². The molecule has 5 nitrogen and oxygen atoms in total. The van der Waals surface area contributed by atoms with Gasteiger partial charge in [0.1, 0.15) is 6.61 Å². The lowest BCUT2D eigenvalue weighted by atomic mass is 10.1. The zero-order valence-electron chi connectivity index (χ0n) is 12.3. The van der Waals surface area contributed by atoms with Crippen LogP contribution in [0.4, 0.5) is 0 Å². The lowest BCUT2D eigenvalue weighted by Gasteiger charge is -2.09. The van der Waals surface area contributed by atoms with Crippen molar-refractivity contribution in [2.45, 2.75) is 38.4 Å². The number of nitrogens with one attached hydrogen (secondary N) is 1. The number of hydrogen-bond donors (Lipinski definition) is 1. The average molecular weight is 301 g/mol. The molecule has 1 saturated heterocycles. The summed E-state index contributed by atoms with van der Waals surface area (Å²) in [7, 11) is 0. The van der Waals surface area contributed by atoms with Crippen LogP contribution in [-0.2, 0) is 20.9 Å². The summed E-state index contributed by atoms with van der Waals surface area (Å²) < 4.78 is 10.7. The minimum Gasteiger partial charge on any atom is -0.461 e. The van der Waals surface area contributed by atoms with E-state index >= 15 is 0 Å². The Morgan fingerprint density at radius 3 is 3.05 bits per heavy atom. The SMILES string of the molecule is O=C(CCC1CCCO1)OCc1cc2ccccc2[nH]c1=O. The van der Waals surface area contributed by atoms with Crippen LogP contribution in [0.3, 0.4) is 0 Å². The third-order valence-corrected chi connectivity index (χ3v) is 3.91. The monoisotopic (exact) mass is 301 g/mol. The Morgan fingerprint density at radius 2 is 2.23 bits per heavy atom. The molecular weight excluding hydrogens is 282 g/mol. The Balaban J connectivity index is 1.57. The van der Waals surface area contributed by atoms with Crippen molar-refractivity contribution in [3.05, 3.63) is 46.2 Å². The van der Waals surface area contributed by atoms with Gasteiger partial charge in [-0.25, -0.2) is 0 Å². The number of aromatic amines is 1. The molecule has 3 rings (SSSR count). The van der Waals surface area contributed by atoms with Gasteiger partial charge >= 0.3 is 5.97 Å². The fourth-order valence-corrected chi connectivity index (χ4v) is 2.68. The van der Waals surface area contributed by atoms with Crippen molar-refractivity contribution in [3.63, 3.8) is 0 Å². The summed E-state index contributed by atoms with van der Waals surface area (Å²) in [5.74, 6) is -0.289. The van der Waals surface area contributed by atoms with Crippen molar-refractivity contribution in [2.75, 3.05) is 6.61 Å². The Kier molecular flexibility index (Phi) is 4.53. The first kappa shape index (κ1) is 14.8. The molecule has 116 valence electrons. The number of carbonyl (C=O) groups is 1. The van der Waals surface area contributed by atoms with Crippen LogP contribution in [0.15, 0.2) is 35.1 Å². The zero-order valence-corrected chi connectivity index (χ0v) is 12.3. The third-order valence-electron chi connectivity index (χ3n) is 3.91. The fraction of sp³-hybridized carbons (Fsp3) is 0.412. The standard InChI is InChI=1S/C17H19NO4/c19-16(8-7-14-5-3-9-21-14)22-11-13-10-12-4-1-2-6-15(12)18-17(13)20/h1-2,4,6,10,14H,3,5,7-9,11H2,(H,18,20). The number of ether oxygens (including phenoxy) is 2. The van der Waals surface area contributed by atoms with E-state index in [0.717, 1.165) is 30.4 Å². The van der Waals surface area contributed by atoms with Crippen molar-refractivity contribution in [2.24, 2.45) is 0 Å². The van der Waals surface area contributed by atoms with Gasteiger partial charge < -0.3 is 14.5 Å². The van der Waals surface area contributed by atoms with Crippen LogP contribution in [0.25, 0.3) is 10.9 Å². The van der Waals surface area contributed by atoms with E-state index in [1.807, 2.05) is 24.3 Å². The van der Waals surface area contributed by atoms with Gasteiger partial charge in [-0.1, -0.05) is 18.2 Å². The van der Waals surface area contributed by atoms with E-state index in [9.17, 15) is 9.59 Å². The maximum Gasteiger partial charge on any atom is 0.306 e. The lowest BCUT2D eigenvalue weighted by Crippen LogP contribution is -2.16. The highest BCUT2D eigenvalue weighted by atomic mass is 16.5. The molecule has 1 aliphatic rings. The molecular formula is C17H19NO4. The lowest BCUT2D eigenvalue weighted by molar-refractivity contribution is -0.145. The van der Waals surface area contributed by atoms with Gasteiger partial charge in [-0.2, -0.15) is 0 Å². The van der Waals surface area contributed by atoms with E-state index in [4.69, 9.17) is 9.47 Å². The number of rotatable bonds is 5. The number of benzene rings is 1. The quantitative estimate of drug-likeness (QED) is 0.862. The highest BCUT2D eigenvalue weighted by molar-refractivity contribution is 5.78. The first-order valence-electron chi connectivity index (χ1n) is 7.60. The van der Waals surface area contributed by atoms with Gasteiger partial charge in [0, 0.05) is 18.5 Å². The van der Waals surface area contributed by atoms with E-state index in [1.165, 1.54) is 0 Å². The van der Waals surface area contributed by atoms with Gasteiger partial charge in [-0.15, -0.1) is 0 Å². The number of H-pyrrole nitrogens is 1. The van der Waals surface area contributed by atoms with Crippen LogP contribution in [0.2, 0.25) is 0 Å². The van der Waals surface area contributed by atoms with Crippen molar-refractivity contribution in [3.8, 4) is 0 Å². The number of hydrogen-bond acceptors (Lipinski definition) is 4. The largest absolute Gasteiger partial charge is 0.461 e. The molecule has 1 unspecified atom stereocenters. The molecule has 5 heteroatoms. The summed E-state index contributed by atoms with van der Waals surface area (Å²) in [5.41, 5.74) is 1.02. The van der Waals surface area contributed by atoms with E-state index in [1.54, 1.807) is 6.07 Å². The van der Waals surface area contributed by atoms with Crippen LogP contribution < -0.4 is 5.56 Å². The van der Waals surface area contributed by atoms with E-state index < -0.39 is 0 Å². The third kappa shape index (κ3) is 3.54. The molecule has 0 amide bonds. The molecule has 0 spiro atoms. The van der Waals surface area contributed by atoms with Gasteiger partial charge in [-0.05, 0) is 36.8 Å². The minimum absolute atomic E-state index is 0.00449. The van der Waals surface area contributed by atoms with E-state index in [0.29, 0.717) is 18.4 Å². The van der Waals surface area contributed by atoms with Gasteiger partial charge in [0.25, 0.3) is 5.56 Å². The Bertz CT molecular complexity index is 716. The van der Waals surface area contributed by atoms with Crippen LogP contribution in [-0.4, -0.2) is 23.7 Å². The fourth-order valence-electron chi connectivity index (χ4n) is 2.68. The molecule has 0 saturated carbocycles. The summed E-state index contributed by atoms with van der Waals surface area (Å²) in [6, 6.07) is 9.28. The second kappa shape index (κ2) is 6.75. The van der Waals surface area contributed by atoms with Crippen molar-refractivity contribution in [1.29, 1.82) is 0 Å². The number of para-hydroxylation sites is 1. The van der Waals surface area contributed by atoms with E-state index in [2.05, 4.69) is 4.98 Å². The molecule has 1 aliphatic heterocycles. The highest BCUT2D eigenvalue weighted by Crippen LogP contribution is 2.17. The first-order chi connectivity index (χ1) is 10.7. The summed E-state index contributed by atoms with van der Waals surface area (Å²) in [6.45, 7) is 0.788. The van der Waals surface area contributed by atoms with Gasteiger partial charge in [-0.3, -0.25) is 9.59 Å². The molecule has 0 bridgehead atoms. The molecule has 0 radical (unpaired) electrons. The first-order valence-corrected chi connectivity index (χ1v) is 7.60. The summed E-state index contributed by atoms with van der Waals surface area (Å²) in [4.78, 5) is 26.5. The van der Waals surface area contributed by atoms with Gasteiger partial charge in [0.2, 0.25) is 0 Å². The molecule has 1 N–H and O–H groups in total. The molecule has 1 aromatic carbocycles. The zero-order chi connectivity index (χ0) is 15.4. The molecule has 2 aromatic rings. The van der Waals surface area contributed by atoms with Crippen LogP contribution in [0.1, 0.15) is 31.2 Å². The topological polar surface area (TPSA) is 68.4 Å². The molecule has 0 aliphatic carbocycles. The second-order valence-electron chi connectivity index (χ2n) is 5.55. The van der Waals surface area contributed by atoms with Crippen LogP contribution in [0.5, 0.6) is 0 Å². The number of aromatic nitrogens is 1. The van der Waals surface area contributed by atoms with Crippen LogP contribution >= 0.6 is 0 Å². The number of carbonyl (C=O) groups excluding carboxylic acids is 1. The van der Waals surface area contributed by atoms with E-state index in [-0.39, 0.29) is 24.2 Å². The van der Waals surface area contributed by atoms with Crippen LogP contribution in [0, 0.1) is 0 Å². The smallest absolute Gasteiger partial charge is 0.306 e. The predicted molar refractivity (Wildman–Crippen MR) is 82.6 cm³/mol. The molecule has 1 fully saturated rings. The Labute approximate surface area is 128 Å². The molecule has 1 atom stereocenters. The minimum atomic E-state index is -0.289. The van der Waals surface area contributed by atoms with Crippen molar-refractivity contribution < 1.29 is 14.3 Å². The summed E-state index contributed by atoms with van der Waals surface area (Å²) >= 11 is 0. The summed E-state index contributed by atoms with van der Waals surface area (Å²) in [6.07, 6.45) is 3.27. The highest BCUT2D eigenvalue weighted by Gasteiger charge is 2.17. The number of pyridine rings is 1. The Morgan fingerprint density at radius 1 is 1.36 bits per heavy atom. The predicted octanol–water partition coefficient (Wildman–Crippen LogP) is 2.53. The number of fused-ring (bicyclic) bond motifs is 1. The average Bonchev–Trinajstić information content (AvgIpc) is 3.04.